The van der Waals surface area contributed by atoms with Gasteiger partial charge in [0.1, 0.15) is 5.76 Å². The van der Waals surface area contributed by atoms with Crippen molar-refractivity contribution in [3.63, 3.8) is 0 Å². The molecule has 0 radical (unpaired) electrons. The Kier molecular flexibility index (Phi) is 11.2. The Labute approximate surface area is 211 Å². The van der Waals surface area contributed by atoms with Crippen molar-refractivity contribution in [2.24, 2.45) is 0 Å². The Balaban J connectivity index is 0.00000145. The van der Waals surface area contributed by atoms with Gasteiger partial charge < -0.3 is 9.84 Å². The number of methoxy groups -OCH3 is 1. The average Bonchev–Trinajstić information content (AvgIpc) is 2.89. The molecule has 194 valence electrons. The maximum absolute atomic E-state index is 14.9. The van der Waals surface area contributed by atoms with Crippen LogP contribution in [-0.2, 0) is 11.2 Å². The fourth-order valence-electron chi connectivity index (χ4n) is 4.11. The van der Waals surface area contributed by atoms with Gasteiger partial charge in [-0.05, 0) is 73.6 Å². The van der Waals surface area contributed by atoms with E-state index in [9.17, 15) is 22.7 Å². The summed E-state index contributed by atoms with van der Waals surface area (Å²) in [7, 11) is 1.20. The van der Waals surface area contributed by atoms with Crippen molar-refractivity contribution in [2.75, 3.05) is 7.11 Å². The average molecular weight is 503 g/mol. The lowest BCUT2D eigenvalue weighted by Gasteiger charge is -2.26. The minimum Gasteiger partial charge on any atom is -0.494 e. The second-order valence-electron chi connectivity index (χ2n) is 8.80. The van der Waals surface area contributed by atoms with E-state index in [0.717, 1.165) is 5.56 Å². The zero-order valence-electron chi connectivity index (χ0n) is 20.9. The fraction of sp³-hybridized carbons (Fsp3) is 0.333. The zero-order chi connectivity index (χ0) is 26.8. The molecule has 1 fully saturated rings. The Morgan fingerprint density at radius 2 is 1.56 bits per heavy atom. The van der Waals surface area contributed by atoms with Crippen molar-refractivity contribution in [1.29, 1.82) is 0 Å². The number of benzene rings is 2. The van der Waals surface area contributed by atoms with Gasteiger partial charge in [0.2, 0.25) is 0 Å². The number of allylic oxidation sites excluding steroid dienone is 4. The summed E-state index contributed by atoms with van der Waals surface area (Å²) in [5, 5.41) is 9.65. The van der Waals surface area contributed by atoms with Crippen LogP contribution in [0.3, 0.4) is 0 Å². The van der Waals surface area contributed by atoms with Crippen molar-refractivity contribution in [2.45, 2.75) is 57.5 Å². The van der Waals surface area contributed by atoms with Gasteiger partial charge in [-0.25, -0.2) is 13.2 Å². The van der Waals surface area contributed by atoms with E-state index in [1.54, 1.807) is 42.5 Å². The number of ether oxygens (including phenoxy) is 1. The van der Waals surface area contributed by atoms with Crippen LogP contribution in [0.4, 0.5) is 17.6 Å². The molecule has 1 N–H and O–H groups in total. The van der Waals surface area contributed by atoms with Crippen molar-refractivity contribution in [3.8, 4) is 11.1 Å². The van der Waals surface area contributed by atoms with Gasteiger partial charge in [0, 0.05) is 5.56 Å². The molecular formula is C30H34F4O2. The Morgan fingerprint density at radius 3 is 2.11 bits per heavy atom. The van der Waals surface area contributed by atoms with Crippen LogP contribution in [-0.4, -0.2) is 18.3 Å². The Morgan fingerprint density at radius 1 is 0.972 bits per heavy atom. The molecule has 0 aliphatic heterocycles. The van der Waals surface area contributed by atoms with E-state index >= 15 is 0 Å². The first kappa shape index (κ1) is 29.1. The van der Waals surface area contributed by atoms with Crippen LogP contribution in [0.1, 0.15) is 56.1 Å². The molecule has 36 heavy (non-hydrogen) atoms. The predicted octanol–water partition coefficient (Wildman–Crippen LogP) is 8.64. The lowest BCUT2D eigenvalue weighted by atomic mass is 9.82. The third-order valence-corrected chi connectivity index (χ3v) is 6.22. The molecule has 1 aliphatic carbocycles. The molecule has 0 atom stereocenters. The second-order valence-corrected chi connectivity index (χ2v) is 8.80. The van der Waals surface area contributed by atoms with E-state index < -0.39 is 29.0 Å². The first-order chi connectivity index (χ1) is 17.1. The molecule has 2 nitrogen and oxygen atoms in total. The zero-order valence-corrected chi connectivity index (χ0v) is 20.9. The molecular weight excluding hydrogens is 468 g/mol. The van der Waals surface area contributed by atoms with Crippen LogP contribution >= 0.6 is 0 Å². The molecule has 3 rings (SSSR count). The van der Waals surface area contributed by atoms with Gasteiger partial charge in [-0.15, -0.1) is 6.58 Å². The van der Waals surface area contributed by atoms with Crippen molar-refractivity contribution in [1.82, 2.24) is 0 Å². The summed E-state index contributed by atoms with van der Waals surface area (Å²) in [6, 6.07) is 10.0. The maximum Gasteiger partial charge on any atom is 0.200 e. The highest BCUT2D eigenvalue weighted by Crippen LogP contribution is 2.37. The summed E-state index contributed by atoms with van der Waals surface area (Å²) < 4.78 is 62.1. The van der Waals surface area contributed by atoms with E-state index in [4.69, 9.17) is 0 Å². The van der Waals surface area contributed by atoms with E-state index in [1.165, 1.54) is 7.11 Å². The molecule has 2 aromatic carbocycles. The fourth-order valence-corrected chi connectivity index (χ4v) is 4.11. The van der Waals surface area contributed by atoms with Crippen molar-refractivity contribution < 1.29 is 27.4 Å². The molecule has 6 heteroatoms. The van der Waals surface area contributed by atoms with Crippen LogP contribution in [0.15, 0.2) is 85.2 Å². The van der Waals surface area contributed by atoms with Crippen molar-refractivity contribution >= 4 is 0 Å². The smallest absolute Gasteiger partial charge is 0.200 e. The minimum atomic E-state index is -1.18. The molecule has 1 aliphatic rings. The number of aliphatic hydroxyl groups excluding tert-OH is 1. The summed E-state index contributed by atoms with van der Waals surface area (Å²) >= 11 is 0. The van der Waals surface area contributed by atoms with Gasteiger partial charge in [0.05, 0.1) is 13.2 Å². The second kappa shape index (κ2) is 13.8. The van der Waals surface area contributed by atoms with E-state index in [0.29, 0.717) is 43.2 Å². The Hall–Kier alpha value is -3.12. The third kappa shape index (κ3) is 7.44. The number of aliphatic hydroxyl groups is 1. The Bertz CT molecular complexity index is 1090. The number of aryl methyl sites for hydroxylation is 1. The van der Waals surface area contributed by atoms with Gasteiger partial charge in [0.25, 0.3) is 0 Å². The van der Waals surface area contributed by atoms with Crippen LogP contribution in [0.2, 0.25) is 0 Å². The molecule has 0 amide bonds. The number of halogens is 4. The summed E-state index contributed by atoms with van der Waals surface area (Å²) in [6.07, 6.45) is 4.41. The first-order valence-corrected chi connectivity index (χ1v) is 11.9. The quantitative estimate of drug-likeness (QED) is 0.169. The highest BCUT2D eigenvalue weighted by Gasteiger charge is 2.25. The molecule has 0 bridgehead atoms. The normalized spacial score (nSPS) is 17.9. The third-order valence-electron chi connectivity index (χ3n) is 6.22. The van der Waals surface area contributed by atoms with E-state index in [1.807, 2.05) is 6.92 Å². The van der Waals surface area contributed by atoms with E-state index in [-0.39, 0.29) is 29.6 Å². The number of rotatable bonds is 8. The molecule has 0 spiro atoms. The van der Waals surface area contributed by atoms with Gasteiger partial charge in [-0.2, -0.15) is 4.39 Å². The van der Waals surface area contributed by atoms with Gasteiger partial charge in [-0.1, -0.05) is 55.6 Å². The lowest BCUT2D eigenvalue weighted by Crippen LogP contribution is -2.18. The SMILES string of the molecule is C=C(CCc1ccc(-c2ccc(C3CCC(O)CC3)c(F)c2F)cc1)/C(F)=C(/F)C(=C)OC.C=CC. The summed E-state index contributed by atoms with van der Waals surface area (Å²) in [6.45, 7) is 12.1. The van der Waals surface area contributed by atoms with Gasteiger partial charge in [-0.3, -0.25) is 0 Å². The highest BCUT2D eigenvalue weighted by atomic mass is 19.2. The van der Waals surface area contributed by atoms with Crippen LogP contribution in [0, 0.1) is 11.6 Å². The summed E-state index contributed by atoms with van der Waals surface area (Å²) in [5.41, 5.74) is 1.84. The summed E-state index contributed by atoms with van der Waals surface area (Å²) in [5.74, 6) is -4.49. The van der Waals surface area contributed by atoms with Crippen LogP contribution < -0.4 is 0 Å². The van der Waals surface area contributed by atoms with Crippen LogP contribution in [0.25, 0.3) is 11.1 Å². The highest BCUT2D eigenvalue weighted by molar-refractivity contribution is 5.65. The molecule has 2 aromatic rings. The van der Waals surface area contributed by atoms with E-state index in [2.05, 4.69) is 24.5 Å². The number of hydrogen-bond acceptors (Lipinski definition) is 2. The standard InChI is InChI=1S/C27H28F4O2.C3H6/c1-16(24(28)25(29)17(2)33-3)4-5-18-6-8-19(9-7-18)22-14-15-23(27(31)26(22)30)20-10-12-21(32)13-11-20;1-3-2/h6-9,14-15,20-21,32H,1-2,4-5,10-13H2,3H3;3H,1H2,2H3/b25-24-;. The summed E-state index contributed by atoms with van der Waals surface area (Å²) in [4.78, 5) is 0. The van der Waals surface area contributed by atoms with Gasteiger partial charge in [0.15, 0.2) is 23.3 Å². The molecule has 0 aromatic heterocycles. The van der Waals surface area contributed by atoms with Crippen molar-refractivity contribution in [3.05, 3.63) is 108 Å². The topological polar surface area (TPSA) is 29.5 Å². The first-order valence-electron chi connectivity index (χ1n) is 11.9. The monoisotopic (exact) mass is 502 g/mol. The molecule has 0 saturated heterocycles. The minimum absolute atomic E-state index is 0.0197. The largest absolute Gasteiger partial charge is 0.494 e. The van der Waals surface area contributed by atoms with Crippen LogP contribution in [0.5, 0.6) is 0 Å². The number of hydrogen-bond donors (Lipinski definition) is 1. The maximum atomic E-state index is 14.9. The molecule has 0 unspecified atom stereocenters. The molecule has 0 heterocycles. The molecule has 1 saturated carbocycles. The lowest BCUT2D eigenvalue weighted by molar-refractivity contribution is 0.122. The van der Waals surface area contributed by atoms with Gasteiger partial charge >= 0.3 is 0 Å². The predicted molar refractivity (Wildman–Crippen MR) is 138 cm³/mol.